The summed E-state index contributed by atoms with van der Waals surface area (Å²) in [7, 11) is 0. The molecule has 1 aromatic heterocycles. The van der Waals surface area contributed by atoms with Gasteiger partial charge in [0.05, 0.1) is 6.04 Å². The van der Waals surface area contributed by atoms with E-state index in [9.17, 15) is 4.79 Å². The quantitative estimate of drug-likeness (QED) is 0.799. The molecule has 2 unspecified atom stereocenters. The molecule has 0 fully saturated rings. The Hall–Kier alpha value is -1.84. The molecule has 0 aromatic carbocycles. The third-order valence-corrected chi connectivity index (χ3v) is 3.33. The largest absolute Gasteiger partial charge is 0.362 e. The summed E-state index contributed by atoms with van der Waals surface area (Å²) in [5, 5.41) is 3.28. The van der Waals surface area contributed by atoms with E-state index in [2.05, 4.69) is 22.5 Å². The van der Waals surface area contributed by atoms with Crippen LogP contribution in [-0.4, -0.2) is 15.6 Å². The maximum atomic E-state index is 11.8. The number of nitrogens with zero attached hydrogens (tertiary/aromatic N) is 2. The molecule has 4 heteroatoms. The Balaban J connectivity index is 2.13. The van der Waals surface area contributed by atoms with Crippen molar-refractivity contribution in [3.05, 3.63) is 46.5 Å². The third kappa shape index (κ3) is 1.52. The first kappa shape index (κ1) is 10.3. The molecule has 1 N–H and O–H groups in total. The lowest BCUT2D eigenvalue weighted by Gasteiger charge is -2.16. The molecular formula is C13H15N3O. The molecule has 0 saturated heterocycles. The van der Waals surface area contributed by atoms with E-state index in [1.165, 1.54) is 0 Å². The molecule has 1 aliphatic carbocycles. The summed E-state index contributed by atoms with van der Waals surface area (Å²) in [4.78, 5) is 15.9. The number of anilines is 1. The second-order valence-corrected chi connectivity index (χ2v) is 4.79. The Bertz CT molecular complexity index is 569. The highest BCUT2D eigenvalue weighted by Crippen LogP contribution is 2.36. The van der Waals surface area contributed by atoms with Gasteiger partial charge in [0.2, 0.25) is 0 Å². The van der Waals surface area contributed by atoms with E-state index >= 15 is 0 Å². The number of fused-ring (bicyclic) bond motifs is 3. The van der Waals surface area contributed by atoms with Gasteiger partial charge in [0.25, 0.3) is 0 Å². The van der Waals surface area contributed by atoms with Crippen molar-refractivity contribution >= 4 is 5.82 Å². The van der Waals surface area contributed by atoms with Gasteiger partial charge in [-0.3, -0.25) is 4.57 Å². The predicted octanol–water partition coefficient (Wildman–Crippen LogP) is 1.83. The van der Waals surface area contributed by atoms with Crippen LogP contribution in [0.5, 0.6) is 0 Å². The minimum atomic E-state index is -0.183. The minimum Gasteiger partial charge on any atom is -0.362 e. The Labute approximate surface area is 99.7 Å². The van der Waals surface area contributed by atoms with Crippen molar-refractivity contribution < 1.29 is 0 Å². The molecule has 88 valence electrons. The van der Waals surface area contributed by atoms with Crippen molar-refractivity contribution in [1.29, 1.82) is 0 Å². The Kier molecular flexibility index (Phi) is 2.18. The fourth-order valence-electron chi connectivity index (χ4n) is 2.41. The van der Waals surface area contributed by atoms with E-state index in [1.807, 2.05) is 32.2 Å². The van der Waals surface area contributed by atoms with Gasteiger partial charge in [-0.1, -0.05) is 24.3 Å². The minimum absolute atomic E-state index is 0.141. The lowest BCUT2D eigenvalue weighted by molar-refractivity contribution is 0.560. The van der Waals surface area contributed by atoms with Crippen LogP contribution in [0.4, 0.5) is 5.82 Å². The van der Waals surface area contributed by atoms with Gasteiger partial charge < -0.3 is 5.32 Å². The van der Waals surface area contributed by atoms with E-state index in [4.69, 9.17) is 0 Å². The molecule has 1 aliphatic heterocycles. The second-order valence-electron chi connectivity index (χ2n) is 4.79. The van der Waals surface area contributed by atoms with Crippen LogP contribution in [0, 0.1) is 0 Å². The molecule has 1 aromatic rings. The summed E-state index contributed by atoms with van der Waals surface area (Å²) in [6, 6.07) is 0.382. The summed E-state index contributed by atoms with van der Waals surface area (Å²) >= 11 is 0. The zero-order valence-electron chi connectivity index (χ0n) is 9.92. The van der Waals surface area contributed by atoms with Crippen LogP contribution in [0.1, 0.15) is 31.4 Å². The van der Waals surface area contributed by atoms with Gasteiger partial charge >= 0.3 is 5.69 Å². The molecule has 0 radical (unpaired) electrons. The van der Waals surface area contributed by atoms with Crippen LogP contribution in [0.3, 0.4) is 0 Å². The number of aromatic nitrogens is 2. The first-order valence-electron chi connectivity index (χ1n) is 5.91. The van der Waals surface area contributed by atoms with E-state index in [0.29, 0.717) is 5.92 Å². The van der Waals surface area contributed by atoms with Gasteiger partial charge in [-0.25, -0.2) is 4.79 Å². The lowest BCUT2D eigenvalue weighted by atomic mass is 9.93. The molecule has 0 bridgehead atoms. The van der Waals surface area contributed by atoms with Crippen LogP contribution in [0.25, 0.3) is 0 Å². The zero-order chi connectivity index (χ0) is 12.0. The smallest absolute Gasteiger partial charge is 0.349 e. The maximum Gasteiger partial charge on any atom is 0.349 e. The average Bonchev–Trinajstić information content (AvgIpc) is 2.64. The van der Waals surface area contributed by atoms with Gasteiger partial charge in [-0.2, -0.15) is 4.98 Å². The second kappa shape index (κ2) is 3.58. The summed E-state index contributed by atoms with van der Waals surface area (Å²) in [5.41, 5.74) is 0.932. The Morgan fingerprint density at radius 3 is 2.88 bits per heavy atom. The van der Waals surface area contributed by atoms with Crippen LogP contribution >= 0.6 is 0 Å². The highest BCUT2D eigenvalue weighted by molar-refractivity contribution is 5.57. The van der Waals surface area contributed by atoms with Gasteiger partial charge in [-0.15, -0.1) is 0 Å². The molecule has 0 spiro atoms. The Morgan fingerprint density at radius 2 is 2.12 bits per heavy atom. The lowest BCUT2D eigenvalue weighted by Crippen LogP contribution is -2.25. The molecule has 2 atom stereocenters. The Morgan fingerprint density at radius 1 is 1.35 bits per heavy atom. The first-order valence-corrected chi connectivity index (χ1v) is 5.91. The van der Waals surface area contributed by atoms with Gasteiger partial charge in [0.1, 0.15) is 5.82 Å². The fourth-order valence-corrected chi connectivity index (χ4v) is 2.41. The SMILES string of the molecule is CC(C)n1cc2c(nc1=O)NC1C=CC=CC21. The number of nitrogens with one attached hydrogen (secondary N) is 1. The number of hydrogen-bond acceptors (Lipinski definition) is 3. The monoisotopic (exact) mass is 229 g/mol. The average molecular weight is 229 g/mol. The van der Waals surface area contributed by atoms with Gasteiger partial charge in [0, 0.05) is 23.7 Å². The third-order valence-electron chi connectivity index (χ3n) is 3.33. The molecule has 2 aliphatic rings. The van der Waals surface area contributed by atoms with Crippen molar-refractivity contribution in [2.24, 2.45) is 0 Å². The number of hydrogen-bond donors (Lipinski definition) is 1. The summed E-state index contributed by atoms with van der Waals surface area (Å²) in [5.74, 6) is 1.03. The molecule has 4 nitrogen and oxygen atoms in total. The molecule has 0 amide bonds. The molecule has 2 heterocycles. The molecule has 0 saturated carbocycles. The topological polar surface area (TPSA) is 46.9 Å². The fraction of sp³-hybridized carbons (Fsp3) is 0.385. The standard InChI is InChI=1S/C13H15N3O/c1-8(2)16-7-10-9-5-3-4-6-11(9)14-12(10)15-13(16)17/h3-9,11H,1-2H3,(H,14,15,17). The van der Waals surface area contributed by atoms with Crippen molar-refractivity contribution in [1.82, 2.24) is 9.55 Å². The highest BCUT2D eigenvalue weighted by atomic mass is 16.1. The van der Waals surface area contributed by atoms with Crippen LogP contribution < -0.4 is 11.0 Å². The number of allylic oxidation sites excluding steroid dienone is 2. The highest BCUT2D eigenvalue weighted by Gasteiger charge is 2.31. The van der Waals surface area contributed by atoms with E-state index < -0.39 is 0 Å². The van der Waals surface area contributed by atoms with Crippen LogP contribution in [0.15, 0.2) is 35.3 Å². The molecule has 3 rings (SSSR count). The summed E-state index contributed by atoms with van der Waals surface area (Å²) in [6.45, 7) is 3.98. The molecule has 17 heavy (non-hydrogen) atoms. The maximum absolute atomic E-state index is 11.8. The predicted molar refractivity (Wildman–Crippen MR) is 67.3 cm³/mol. The van der Waals surface area contributed by atoms with Gasteiger partial charge in [0.15, 0.2) is 0 Å². The van der Waals surface area contributed by atoms with E-state index in [1.54, 1.807) is 4.57 Å². The van der Waals surface area contributed by atoms with Crippen molar-refractivity contribution in [2.45, 2.75) is 31.8 Å². The van der Waals surface area contributed by atoms with Crippen molar-refractivity contribution in [2.75, 3.05) is 5.32 Å². The van der Waals surface area contributed by atoms with Crippen LogP contribution in [-0.2, 0) is 0 Å². The van der Waals surface area contributed by atoms with E-state index in [-0.39, 0.29) is 17.8 Å². The normalized spacial score (nSPS) is 24.6. The first-order chi connectivity index (χ1) is 8.16. The van der Waals surface area contributed by atoms with Crippen molar-refractivity contribution in [3.8, 4) is 0 Å². The molecular weight excluding hydrogens is 214 g/mol. The van der Waals surface area contributed by atoms with Gasteiger partial charge in [-0.05, 0) is 13.8 Å². The summed E-state index contributed by atoms with van der Waals surface area (Å²) < 4.78 is 1.69. The van der Waals surface area contributed by atoms with Crippen LogP contribution in [0.2, 0.25) is 0 Å². The summed E-state index contributed by atoms with van der Waals surface area (Å²) in [6.07, 6.45) is 10.3. The van der Waals surface area contributed by atoms with E-state index in [0.717, 1.165) is 11.4 Å². The number of rotatable bonds is 1. The van der Waals surface area contributed by atoms with Crippen molar-refractivity contribution in [3.63, 3.8) is 0 Å². The zero-order valence-corrected chi connectivity index (χ0v) is 9.92.